The van der Waals surface area contributed by atoms with E-state index in [0.717, 1.165) is 44.3 Å². The topological polar surface area (TPSA) is 168 Å². The Balaban J connectivity index is 1.34. The van der Waals surface area contributed by atoms with Crippen LogP contribution in [0, 0.1) is 11.8 Å². The molecule has 2 fully saturated rings. The van der Waals surface area contributed by atoms with E-state index in [1.165, 1.54) is 36.4 Å². The number of carbonyl (C=O) groups excluding carboxylic acids is 3. The maximum atomic E-state index is 13.2. The summed E-state index contributed by atoms with van der Waals surface area (Å²) in [6, 6.07) is 8.22. The quantitative estimate of drug-likeness (QED) is 0.0602. The molecule has 5 rings (SSSR count). The van der Waals surface area contributed by atoms with Gasteiger partial charge in [0.05, 0.1) is 25.9 Å². The molecule has 19 heteroatoms. The number of hydrogen-bond acceptors (Lipinski definition) is 12. The molecule has 1 atom stereocenters. The Morgan fingerprint density at radius 2 is 1.51 bits per heavy atom. The summed E-state index contributed by atoms with van der Waals surface area (Å²) in [5.41, 5.74) is -0.454. The maximum absolute atomic E-state index is 13.2. The van der Waals surface area contributed by atoms with Gasteiger partial charge in [-0.3, -0.25) is 10.0 Å². The van der Waals surface area contributed by atoms with E-state index in [9.17, 15) is 36.8 Å². The number of alkyl halides is 2. The predicted molar refractivity (Wildman–Crippen MR) is 201 cm³/mol. The van der Waals surface area contributed by atoms with Crippen molar-refractivity contribution in [3.8, 4) is 17.2 Å². The third kappa shape index (κ3) is 13.2. The van der Waals surface area contributed by atoms with E-state index < -0.39 is 59.4 Å². The zero-order valence-corrected chi connectivity index (χ0v) is 33.9. The van der Waals surface area contributed by atoms with Crippen molar-refractivity contribution in [3.05, 3.63) is 75.5 Å². The molecule has 0 saturated heterocycles. The fourth-order valence-electron chi connectivity index (χ4n) is 5.38. The van der Waals surface area contributed by atoms with E-state index in [1.807, 2.05) is 0 Å². The summed E-state index contributed by atoms with van der Waals surface area (Å²) in [4.78, 5) is 39.5. The zero-order chi connectivity index (χ0) is 41.7. The number of anilines is 1. The Labute approximate surface area is 338 Å². The summed E-state index contributed by atoms with van der Waals surface area (Å²) in [6.45, 7) is 1.27. The van der Waals surface area contributed by atoms with Crippen molar-refractivity contribution in [2.75, 3.05) is 30.4 Å². The number of carbonyl (C=O) groups is 3. The van der Waals surface area contributed by atoms with Gasteiger partial charge in [-0.2, -0.15) is 13.1 Å². The lowest BCUT2D eigenvalue weighted by atomic mass is 10.0. The van der Waals surface area contributed by atoms with E-state index in [4.69, 9.17) is 46.9 Å². The van der Waals surface area contributed by atoms with Crippen LogP contribution in [0.4, 0.5) is 19.3 Å². The van der Waals surface area contributed by atoms with Gasteiger partial charge >= 0.3 is 24.6 Å². The van der Waals surface area contributed by atoms with Gasteiger partial charge in [0.2, 0.25) is 22.4 Å². The molecule has 1 aromatic heterocycles. The second kappa shape index (κ2) is 18.3. The van der Waals surface area contributed by atoms with Gasteiger partial charge in [0.25, 0.3) is 0 Å². The number of halogens is 4. The molecule has 14 nitrogen and oxygen atoms in total. The minimum atomic E-state index is -4.26. The van der Waals surface area contributed by atoms with Crippen LogP contribution >= 0.6 is 23.2 Å². The average Bonchev–Trinajstić information content (AvgIpc) is 4.02. The number of esters is 2. The molecule has 1 N–H and O–H groups in total. The number of sulfonamides is 1. The lowest BCUT2D eigenvalue weighted by molar-refractivity contribution is -0.904. The lowest BCUT2D eigenvalue weighted by Gasteiger charge is -2.27. The highest BCUT2D eigenvalue weighted by Crippen LogP contribution is 2.39. The lowest BCUT2D eigenvalue weighted by Crippen LogP contribution is -2.40. The van der Waals surface area contributed by atoms with Crippen LogP contribution in [0.1, 0.15) is 69.2 Å². The van der Waals surface area contributed by atoms with Crippen LogP contribution in [-0.4, -0.2) is 69.9 Å². The van der Waals surface area contributed by atoms with Crippen molar-refractivity contribution in [1.82, 2.24) is 0 Å². The standard InChI is InChI=1S/C38H43Cl2F2N2O12S/c1-38(2,3)56-37(47)44(57(4,49)50)29-13-24(9-11-30(29)51-19-22-5-6-22)14-34(45)53-21-35(46)54-32(16-26-27(39)17-43(48)18-28(26)40)25-10-12-31(55-36(41)42)33(15-25)52-20-23-7-8-23/h9-13,15,17-18,22-23,32,36,48H,5-8,14,16,19-21H2,1-4H3/q+1/t32-/m0/s1. The normalized spacial score (nSPS) is 14.8. The first-order chi connectivity index (χ1) is 26.8. The highest BCUT2D eigenvalue weighted by molar-refractivity contribution is 7.92. The van der Waals surface area contributed by atoms with Crippen LogP contribution in [-0.2, 0) is 46.7 Å². The molecule has 0 radical (unpaired) electrons. The van der Waals surface area contributed by atoms with Crippen LogP contribution in [0.5, 0.6) is 17.2 Å². The van der Waals surface area contributed by atoms with Gasteiger partial charge in [-0.25, -0.2) is 18.0 Å². The molecule has 0 bridgehead atoms. The van der Waals surface area contributed by atoms with Crippen molar-refractivity contribution < 1.29 is 69.9 Å². The molecular formula is C38H43Cl2F2N2O12S+. The van der Waals surface area contributed by atoms with Crippen LogP contribution in [0.15, 0.2) is 48.8 Å². The first kappa shape index (κ1) is 43.5. The number of aromatic nitrogens is 1. The van der Waals surface area contributed by atoms with Crippen molar-refractivity contribution in [1.29, 1.82) is 0 Å². The van der Waals surface area contributed by atoms with Gasteiger partial charge in [-0.05, 0) is 93.7 Å². The SMILES string of the molecule is CC(C)(C)OC(=O)N(c1cc(CC(=O)OCC(=O)O[C@@H](Cc2c(Cl)c[n+](O)cc2Cl)c2ccc(OC(F)F)c(OCC3CC3)c2)ccc1OCC1CC1)S(C)(=O)=O. The largest absolute Gasteiger partial charge is 0.491 e. The molecule has 2 aliphatic carbocycles. The summed E-state index contributed by atoms with van der Waals surface area (Å²) in [6.07, 6.45) is 3.90. The Bertz CT molecular complexity index is 2050. The molecule has 0 aliphatic heterocycles. The zero-order valence-electron chi connectivity index (χ0n) is 31.5. The minimum absolute atomic E-state index is 0.0183. The highest BCUT2D eigenvalue weighted by Gasteiger charge is 2.34. The molecule has 1 heterocycles. The Kier molecular flexibility index (Phi) is 14.0. The van der Waals surface area contributed by atoms with E-state index in [1.54, 1.807) is 20.8 Å². The molecule has 3 aromatic rings. The van der Waals surface area contributed by atoms with Crippen molar-refractivity contribution >= 4 is 56.9 Å². The van der Waals surface area contributed by atoms with Crippen LogP contribution in [0.25, 0.3) is 0 Å². The number of ether oxygens (including phenoxy) is 6. The molecular weight excluding hydrogens is 817 g/mol. The van der Waals surface area contributed by atoms with Crippen molar-refractivity contribution in [2.45, 2.75) is 77.6 Å². The average molecular weight is 861 g/mol. The second-order valence-electron chi connectivity index (χ2n) is 14.7. The molecule has 0 unspecified atom stereocenters. The van der Waals surface area contributed by atoms with E-state index in [0.29, 0.717) is 9.04 Å². The number of pyridine rings is 1. The van der Waals surface area contributed by atoms with Gasteiger partial charge in [-0.15, -0.1) is 0 Å². The molecule has 2 saturated carbocycles. The van der Waals surface area contributed by atoms with Crippen molar-refractivity contribution in [3.63, 3.8) is 0 Å². The number of amides is 1. The predicted octanol–water partition coefficient (Wildman–Crippen LogP) is 7.01. The fourth-order valence-corrected chi connectivity index (χ4v) is 6.80. The molecule has 2 aromatic carbocycles. The molecule has 310 valence electrons. The maximum Gasteiger partial charge on any atom is 0.429 e. The Hall–Kier alpha value is -4.61. The minimum Gasteiger partial charge on any atom is -0.491 e. The summed E-state index contributed by atoms with van der Waals surface area (Å²) in [7, 11) is -4.26. The first-order valence-corrected chi connectivity index (χ1v) is 20.5. The first-order valence-electron chi connectivity index (χ1n) is 17.9. The monoisotopic (exact) mass is 859 g/mol. The second-order valence-corrected chi connectivity index (χ2v) is 17.4. The van der Waals surface area contributed by atoms with E-state index >= 15 is 0 Å². The van der Waals surface area contributed by atoms with Gasteiger partial charge in [-0.1, -0.05) is 35.3 Å². The van der Waals surface area contributed by atoms with E-state index in [-0.39, 0.29) is 81.1 Å². The van der Waals surface area contributed by atoms with Crippen LogP contribution < -0.4 is 23.2 Å². The number of benzene rings is 2. The number of nitrogens with zero attached hydrogens (tertiary/aromatic N) is 2. The van der Waals surface area contributed by atoms with Gasteiger partial charge < -0.3 is 28.4 Å². The number of rotatable bonds is 18. The Morgan fingerprint density at radius 3 is 2.07 bits per heavy atom. The van der Waals surface area contributed by atoms with Crippen LogP contribution in [0.2, 0.25) is 10.0 Å². The molecule has 1 amide bonds. The summed E-state index contributed by atoms with van der Waals surface area (Å²) >= 11 is 12.7. The number of hydrogen-bond donors (Lipinski definition) is 1. The summed E-state index contributed by atoms with van der Waals surface area (Å²) < 4.78 is 86.0. The van der Waals surface area contributed by atoms with Gasteiger partial charge in [0.1, 0.15) is 33.2 Å². The highest BCUT2D eigenvalue weighted by atomic mass is 35.5. The Morgan fingerprint density at radius 1 is 0.912 bits per heavy atom. The molecule has 2 aliphatic rings. The fraction of sp³-hybridized carbons (Fsp3) is 0.474. The summed E-state index contributed by atoms with van der Waals surface area (Å²) in [5, 5.41) is 9.90. The van der Waals surface area contributed by atoms with Crippen LogP contribution in [0.3, 0.4) is 0 Å². The summed E-state index contributed by atoms with van der Waals surface area (Å²) in [5.74, 6) is -1.55. The van der Waals surface area contributed by atoms with Gasteiger partial charge in [0.15, 0.2) is 18.1 Å². The smallest absolute Gasteiger partial charge is 0.429 e. The third-order valence-electron chi connectivity index (χ3n) is 8.46. The molecule has 57 heavy (non-hydrogen) atoms. The van der Waals surface area contributed by atoms with Gasteiger partial charge in [0, 0.05) is 16.7 Å². The van der Waals surface area contributed by atoms with Crippen molar-refractivity contribution in [2.24, 2.45) is 11.8 Å². The van der Waals surface area contributed by atoms with E-state index in [2.05, 4.69) is 4.74 Å². The third-order valence-corrected chi connectivity index (χ3v) is 10.1. The molecule has 0 spiro atoms.